The van der Waals surface area contributed by atoms with E-state index in [1.807, 2.05) is 24.5 Å². The van der Waals surface area contributed by atoms with Crippen LogP contribution < -0.4 is 15.8 Å². The Hall–Kier alpha value is -2.71. The third-order valence-corrected chi connectivity index (χ3v) is 6.24. The summed E-state index contributed by atoms with van der Waals surface area (Å²) in [5, 5.41) is 8.04. The third kappa shape index (κ3) is 5.14. The number of pyridine rings is 1. The zero-order valence-corrected chi connectivity index (χ0v) is 18.4. The number of ether oxygens (including phenoxy) is 2. The van der Waals surface area contributed by atoms with Crippen molar-refractivity contribution < 1.29 is 9.47 Å². The molecule has 3 N–H and O–H groups in total. The number of piperidine rings is 1. The van der Waals surface area contributed by atoms with Crippen LogP contribution in [0.5, 0.6) is 5.88 Å². The lowest BCUT2D eigenvalue weighted by Crippen LogP contribution is -2.31. The lowest BCUT2D eigenvalue weighted by atomic mass is 9.91. The lowest BCUT2D eigenvalue weighted by molar-refractivity contribution is 0.150. The molecule has 31 heavy (non-hydrogen) atoms. The molecule has 166 valence electrons. The summed E-state index contributed by atoms with van der Waals surface area (Å²) in [7, 11) is 1.60. The Kier molecular flexibility index (Phi) is 6.99. The van der Waals surface area contributed by atoms with Crippen molar-refractivity contribution in [2.75, 3.05) is 33.4 Å². The molecule has 8 nitrogen and oxygen atoms in total. The van der Waals surface area contributed by atoms with Crippen LogP contribution in [0.15, 0.2) is 41.3 Å². The largest absolute Gasteiger partial charge is 0.481 e. The Labute approximate surface area is 183 Å². The van der Waals surface area contributed by atoms with Gasteiger partial charge in [-0.3, -0.25) is 4.68 Å². The smallest absolute Gasteiger partial charge is 0.212 e. The van der Waals surface area contributed by atoms with Crippen LogP contribution >= 0.6 is 0 Å². The highest BCUT2D eigenvalue weighted by Gasteiger charge is 2.22. The van der Waals surface area contributed by atoms with Gasteiger partial charge < -0.3 is 20.5 Å². The van der Waals surface area contributed by atoms with Crippen molar-refractivity contribution in [2.45, 2.75) is 38.6 Å². The van der Waals surface area contributed by atoms with Gasteiger partial charge in [-0.15, -0.1) is 0 Å². The van der Waals surface area contributed by atoms with E-state index < -0.39 is 0 Å². The molecular formula is C23H32N6O2. The molecule has 8 heteroatoms. The van der Waals surface area contributed by atoms with E-state index in [1.165, 1.54) is 12.8 Å². The Morgan fingerprint density at radius 2 is 2.06 bits per heavy atom. The minimum Gasteiger partial charge on any atom is -0.481 e. The van der Waals surface area contributed by atoms with Gasteiger partial charge in [-0.05, 0) is 56.8 Å². The van der Waals surface area contributed by atoms with Crippen LogP contribution in [0.25, 0.3) is 5.70 Å². The summed E-state index contributed by atoms with van der Waals surface area (Å²) in [6.07, 6.45) is 9.44. The molecule has 2 aromatic rings. The molecule has 4 heterocycles. The van der Waals surface area contributed by atoms with Gasteiger partial charge in [-0.2, -0.15) is 5.10 Å². The minimum absolute atomic E-state index is 0.360. The first kappa shape index (κ1) is 21.5. The van der Waals surface area contributed by atoms with Crippen molar-refractivity contribution in [1.29, 1.82) is 0 Å². The van der Waals surface area contributed by atoms with Crippen LogP contribution in [0.4, 0.5) is 5.69 Å². The maximum Gasteiger partial charge on any atom is 0.212 e. The predicted molar refractivity (Wildman–Crippen MR) is 122 cm³/mol. The van der Waals surface area contributed by atoms with Gasteiger partial charge in [0.05, 0.1) is 38.8 Å². The van der Waals surface area contributed by atoms with Crippen molar-refractivity contribution in [3.05, 3.63) is 41.9 Å². The fourth-order valence-corrected chi connectivity index (χ4v) is 4.30. The molecular weight excluding hydrogens is 392 g/mol. The molecule has 1 unspecified atom stereocenters. The molecule has 0 radical (unpaired) electrons. The zero-order chi connectivity index (χ0) is 21.6. The van der Waals surface area contributed by atoms with Gasteiger partial charge >= 0.3 is 0 Å². The normalized spacial score (nSPS) is 22.2. The molecule has 2 aromatic heterocycles. The zero-order valence-electron chi connectivity index (χ0n) is 18.4. The quantitative estimate of drug-likeness (QED) is 0.765. The summed E-state index contributed by atoms with van der Waals surface area (Å²) in [6, 6.07) is 4.11. The molecule has 0 bridgehead atoms. The van der Waals surface area contributed by atoms with Crippen molar-refractivity contribution in [1.82, 2.24) is 20.1 Å². The van der Waals surface area contributed by atoms with Crippen LogP contribution in [-0.2, 0) is 4.74 Å². The number of hydrogen-bond acceptors (Lipinski definition) is 7. The number of methoxy groups -OCH3 is 1. The number of hydrogen-bond donors (Lipinski definition) is 2. The third-order valence-electron chi connectivity index (χ3n) is 6.24. The van der Waals surface area contributed by atoms with Gasteiger partial charge in [0.1, 0.15) is 5.69 Å². The second-order valence-corrected chi connectivity index (χ2v) is 8.16. The number of aliphatic imine (C=N–C) groups is 1. The monoisotopic (exact) mass is 424 g/mol. The van der Waals surface area contributed by atoms with E-state index in [1.54, 1.807) is 13.3 Å². The van der Waals surface area contributed by atoms with Crippen LogP contribution in [-0.4, -0.2) is 53.9 Å². The highest BCUT2D eigenvalue weighted by molar-refractivity contribution is 6.07. The molecule has 2 aliphatic heterocycles. The summed E-state index contributed by atoms with van der Waals surface area (Å²) < 4.78 is 12.9. The summed E-state index contributed by atoms with van der Waals surface area (Å²) in [4.78, 5) is 9.23. The molecule has 0 aliphatic carbocycles. The van der Waals surface area contributed by atoms with Gasteiger partial charge in [0.15, 0.2) is 0 Å². The van der Waals surface area contributed by atoms with Crippen LogP contribution in [0.2, 0.25) is 0 Å². The summed E-state index contributed by atoms with van der Waals surface area (Å²) in [6.45, 7) is 5.68. The molecule has 1 atom stereocenters. The molecule has 0 aromatic carbocycles. The van der Waals surface area contributed by atoms with Crippen LogP contribution in [0, 0.1) is 5.92 Å². The van der Waals surface area contributed by atoms with E-state index in [9.17, 15) is 0 Å². The van der Waals surface area contributed by atoms with Gasteiger partial charge in [-0.1, -0.05) is 0 Å². The van der Waals surface area contributed by atoms with Crippen molar-refractivity contribution in [3.63, 3.8) is 0 Å². The lowest BCUT2D eigenvalue weighted by Gasteiger charge is -2.28. The predicted octanol–water partition coefficient (Wildman–Crippen LogP) is 3.10. The van der Waals surface area contributed by atoms with Crippen molar-refractivity contribution in [2.24, 2.45) is 16.6 Å². The van der Waals surface area contributed by atoms with Crippen molar-refractivity contribution in [3.8, 4) is 5.88 Å². The Morgan fingerprint density at radius 1 is 1.26 bits per heavy atom. The van der Waals surface area contributed by atoms with Gasteiger partial charge in [-0.25, -0.2) is 9.98 Å². The average molecular weight is 425 g/mol. The van der Waals surface area contributed by atoms with Crippen molar-refractivity contribution >= 4 is 17.1 Å². The SMILES string of the molecule is COc1ccc(C(N)=C2CCOCCC2=Nc2cnn(C(C)C3CCNCC3)c2)cn1. The average Bonchev–Trinajstić information content (AvgIpc) is 3.16. The first-order valence-corrected chi connectivity index (χ1v) is 11.1. The number of nitrogens with two attached hydrogens (primary N) is 1. The van der Waals surface area contributed by atoms with Gasteiger partial charge in [0.2, 0.25) is 5.88 Å². The molecule has 2 saturated heterocycles. The Balaban J connectivity index is 1.60. The molecule has 4 rings (SSSR count). The molecule has 0 spiro atoms. The topological polar surface area (TPSA) is 99.6 Å². The highest BCUT2D eigenvalue weighted by Crippen LogP contribution is 2.28. The second kappa shape index (κ2) is 10.1. The number of nitrogens with one attached hydrogen (secondary N) is 1. The van der Waals surface area contributed by atoms with Gasteiger partial charge in [0, 0.05) is 35.7 Å². The molecule has 0 saturated carbocycles. The van der Waals surface area contributed by atoms with Gasteiger partial charge in [0.25, 0.3) is 0 Å². The maximum absolute atomic E-state index is 6.56. The first-order chi connectivity index (χ1) is 15.2. The molecule has 0 amide bonds. The Bertz CT molecular complexity index is 928. The summed E-state index contributed by atoms with van der Waals surface area (Å²) >= 11 is 0. The Morgan fingerprint density at radius 3 is 2.81 bits per heavy atom. The van der Waals surface area contributed by atoms with E-state index in [0.29, 0.717) is 43.2 Å². The highest BCUT2D eigenvalue weighted by atomic mass is 16.5. The van der Waals surface area contributed by atoms with E-state index >= 15 is 0 Å². The number of rotatable bonds is 5. The van der Waals surface area contributed by atoms with E-state index in [0.717, 1.165) is 42.0 Å². The van der Waals surface area contributed by atoms with Crippen LogP contribution in [0.1, 0.15) is 44.2 Å². The summed E-state index contributed by atoms with van der Waals surface area (Å²) in [5.41, 5.74) is 10.9. The van der Waals surface area contributed by atoms with Crippen LogP contribution in [0.3, 0.4) is 0 Å². The number of nitrogens with zero attached hydrogens (tertiary/aromatic N) is 4. The van der Waals surface area contributed by atoms with E-state index in [4.69, 9.17) is 20.2 Å². The minimum atomic E-state index is 0.360. The number of aromatic nitrogens is 3. The van der Waals surface area contributed by atoms with E-state index in [-0.39, 0.29) is 0 Å². The molecule has 2 fully saturated rings. The standard InChI is InChI=1S/C23H32N6O2/c1-16(17-5-9-25-10-6-17)29-15-19(14-27-29)28-21-8-12-31-11-7-20(21)23(24)18-3-4-22(30-2)26-13-18/h3-4,13-17,25H,5-12,24H2,1-2H3. The fraction of sp³-hybridized carbons (Fsp3) is 0.522. The second-order valence-electron chi connectivity index (χ2n) is 8.16. The maximum atomic E-state index is 6.56. The molecule has 2 aliphatic rings. The first-order valence-electron chi connectivity index (χ1n) is 11.1. The van der Waals surface area contributed by atoms with E-state index in [2.05, 4.69) is 27.0 Å². The fourth-order valence-electron chi connectivity index (χ4n) is 4.30. The summed E-state index contributed by atoms with van der Waals surface area (Å²) in [5.74, 6) is 1.21.